The quantitative estimate of drug-likeness (QED) is 0.629. The molecule has 0 aliphatic rings. The monoisotopic (exact) mass is 252 g/mol. The van der Waals surface area contributed by atoms with Crippen LogP contribution >= 0.6 is 12.4 Å². The fraction of sp³-hybridized carbons (Fsp3) is 0.909. The van der Waals surface area contributed by atoms with Crippen LogP contribution in [0.3, 0.4) is 0 Å². The fourth-order valence-electron chi connectivity index (χ4n) is 1.13. The number of likely N-dealkylation sites (N-methyl/N-ethyl adjacent to an activating group) is 2. The number of rotatable bonds is 9. The maximum absolute atomic E-state index is 11.5. The lowest BCUT2D eigenvalue weighted by atomic mass is 10.3. The Bertz CT molecular complexity index is 168. The highest BCUT2D eigenvalue weighted by atomic mass is 35.5. The molecule has 5 heteroatoms. The van der Waals surface area contributed by atoms with Gasteiger partial charge in [0.1, 0.15) is 6.61 Å². The van der Waals surface area contributed by atoms with E-state index in [0.29, 0.717) is 6.61 Å². The molecule has 0 aromatic carbocycles. The van der Waals surface area contributed by atoms with Crippen molar-refractivity contribution >= 4 is 18.3 Å². The first-order chi connectivity index (χ1) is 7.22. The van der Waals surface area contributed by atoms with Crippen LogP contribution in [0.25, 0.3) is 0 Å². The average Bonchev–Trinajstić information content (AvgIpc) is 2.25. The summed E-state index contributed by atoms with van der Waals surface area (Å²) in [5, 5.41) is 3.00. The van der Waals surface area contributed by atoms with Crippen molar-refractivity contribution in [1.29, 1.82) is 0 Å². The lowest BCUT2D eigenvalue weighted by Gasteiger charge is -2.16. The lowest BCUT2D eigenvalue weighted by Crippen LogP contribution is -2.35. The maximum Gasteiger partial charge on any atom is 0.248 e. The number of nitrogens with one attached hydrogen (secondary N) is 1. The standard InChI is InChI=1S/C11H24N2O2.ClH/c1-4-5-6-9-15-10-11(14)13(3)8-7-12-2;/h12H,4-10H2,1-3H3;1H. The SMILES string of the molecule is CCCCCOCC(=O)N(C)CCNC.Cl. The van der Waals surface area contributed by atoms with Gasteiger partial charge in [-0.3, -0.25) is 4.79 Å². The highest BCUT2D eigenvalue weighted by molar-refractivity contribution is 5.85. The van der Waals surface area contributed by atoms with E-state index in [1.807, 2.05) is 7.05 Å². The minimum absolute atomic E-state index is 0. The van der Waals surface area contributed by atoms with E-state index >= 15 is 0 Å². The molecule has 0 spiro atoms. The fourth-order valence-corrected chi connectivity index (χ4v) is 1.13. The normalized spacial score (nSPS) is 9.69. The minimum atomic E-state index is 0. The number of unbranched alkanes of at least 4 members (excludes halogenated alkanes) is 2. The third kappa shape index (κ3) is 10.2. The molecule has 4 nitrogen and oxygen atoms in total. The number of amides is 1. The van der Waals surface area contributed by atoms with E-state index in [9.17, 15) is 4.79 Å². The Labute approximate surface area is 105 Å². The van der Waals surface area contributed by atoms with Gasteiger partial charge in [-0.1, -0.05) is 19.8 Å². The van der Waals surface area contributed by atoms with Crippen molar-refractivity contribution in [3.63, 3.8) is 0 Å². The second kappa shape index (κ2) is 12.7. The van der Waals surface area contributed by atoms with E-state index in [-0.39, 0.29) is 24.9 Å². The van der Waals surface area contributed by atoms with E-state index in [0.717, 1.165) is 19.5 Å². The molecule has 0 unspecified atom stereocenters. The van der Waals surface area contributed by atoms with Gasteiger partial charge in [0.15, 0.2) is 0 Å². The van der Waals surface area contributed by atoms with Crippen molar-refractivity contribution in [2.45, 2.75) is 26.2 Å². The van der Waals surface area contributed by atoms with Crippen LogP contribution in [0.2, 0.25) is 0 Å². The van der Waals surface area contributed by atoms with E-state index < -0.39 is 0 Å². The van der Waals surface area contributed by atoms with E-state index in [1.54, 1.807) is 11.9 Å². The first-order valence-corrected chi connectivity index (χ1v) is 5.68. The molecule has 0 bridgehead atoms. The first kappa shape index (κ1) is 18.1. The van der Waals surface area contributed by atoms with Crippen LogP contribution in [0.5, 0.6) is 0 Å². The molecule has 0 aromatic heterocycles. The summed E-state index contributed by atoms with van der Waals surface area (Å²) in [6.45, 7) is 4.60. The van der Waals surface area contributed by atoms with Crippen LogP contribution in [0.15, 0.2) is 0 Å². The van der Waals surface area contributed by atoms with Crippen molar-refractivity contribution in [2.24, 2.45) is 0 Å². The molecule has 0 rings (SSSR count). The van der Waals surface area contributed by atoms with Crippen LogP contribution in [0, 0.1) is 0 Å². The topological polar surface area (TPSA) is 41.6 Å². The molecule has 0 heterocycles. The number of hydrogen-bond acceptors (Lipinski definition) is 3. The van der Waals surface area contributed by atoms with Crippen LogP contribution in [0.1, 0.15) is 26.2 Å². The van der Waals surface area contributed by atoms with Gasteiger partial charge in [-0.25, -0.2) is 0 Å². The van der Waals surface area contributed by atoms with Crippen LogP contribution in [-0.4, -0.2) is 51.2 Å². The first-order valence-electron chi connectivity index (χ1n) is 5.68. The Morgan fingerprint density at radius 2 is 2.06 bits per heavy atom. The van der Waals surface area contributed by atoms with Crippen LogP contribution < -0.4 is 5.32 Å². The zero-order valence-corrected chi connectivity index (χ0v) is 11.4. The predicted molar refractivity (Wildman–Crippen MR) is 69.2 cm³/mol. The number of hydrogen-bond donors (Lipinski definition) is 1. The zero-order chi connectivity index (χ0) is 11.5. The molecule has 0 atom stereocenters. The molecule has 0 aliphatic carbocycles. The Kier molecular flexibility index (Phi) is 14.4. The van der Waals surface area contributed by atoms with Crippen LogP contribution in [-0.2, 0) is 9.53 Å². The van der Waals surface area contributed by atoms with E-state index in [4.69, 9.17) is 4.74 Å². The summed E-state index contributed by atoms with van der Waals surface area (Å²) < 4.78 is 5.29. The van der Waals surface area contributed by atoms with Gasteiger partial charge in [-0.05, 0) is 13.5 Å². The van der Waals surface area contributed by atoms with Gasteiger partial charge in [0, 0.05) is 26.7 Å². The summed E-state index contributed by atoms with van der Waals surface area (Å²) in [5.41, 5.74) is 0. The molecular formula is C11H25ClN2O2. The minimum Gasteiger partial charge on any atom is -0.372 e. The highest BCUT2D eigenvalue weighted by Crippen LogP contribution is 1.94. The molecule has 0 aliphatic heterocycles. The molecule has 98 valence electrons. The summed E-state index contributed by atoms with van der Waals surface area (Å²) >= 11 is 0. The van der Waals surface area contributed by atoms with Crippen molar-refractivity contribution in [3.8, 4) is 0 Å². The summed E-state index contributed by atoms with van der Waals surface area (Å²) in [6, 6.07) is 0. The summed E-state index contributed by atoms with van der Waals surface area (Å²) in [5.74, 6) is 0.0572. The van der Waals surface area contributed by atoms with Gasteiger partial charge in [0.25, 0.3) is 0 Å². The van der Waals surface area contributed by atoms with Gasteiger partial charge >= 0.3 is 0 Å². The van der Waals surface area contributed by atoms with Gasteiger partial charge in [0.05, 0.1) is 0 Å². The second-order valence-electron chi connectivity index (χ2n) is 3.68. The lowest BCUT2D eigenvalue weighted by molar-refractivity contribution is -0.134. The number of ether oxygens (including phenoxy) is 1. The molecule has 0 saturated heterocycles. The third-order valence-electron chi connectivity index (χ3n) is 2.24. The van der Waals surface area contributed by atoms with E-state index in [1.165, 1.54) is 12.8 Å². The smallest absolute Gasteiger partial charge is 0.248 e. The molecular weight excluding hydrogens is 228 g/mol. The molecule has 16 heavy (non-hydrogen) atoms. The third-order valence-corrected chi connectivity index (χ3v) is 2.24. The van der Waals surface area contributed by atoms with Gasteiger partial charge < -0.3 is 15.0 Å². The molecule has 0 fully saturated rings. The van der Waals surface area contributed by atoms with Crippen molar-refractivity contribution in [3.05, 3.63) is 0 Å². The summed E-state index contributed by atoms with van der Waals surface area (Å²) in [7, 11) is 3.68. The molecule has 0 radical (unpaired) electrons. The number of carbonyl (C=O) groups is 1. The van der Waals surface area contributed by atoms with Gasteiger partial charge in [-0.15, -0.1) is 12.4 Å². The Hall–Kier alpha value is -0.320. The molecule has 0 aromatic rings. The Balaban J connectivity index is 0. The Morgan fingerprint density at radius 3 is 2.62 bits per heavy atom. The van der Waals surface area contributed by atoms with Gasteiger partial charge in [-0.2, -0.15) is 0 Å². The Morgan fingerprint density at radius 1 is 1.38 bits per heavy atom. The van der Waals surface area contributed by atoms with E-state index in [2.05, 4.69) is 12.2 Å². The summed E-state index contributed by atoms with van der Waals surface area (Å²) in [4.78, 5) is 13.1. The van der Waals surface area contributed by atoms with Gasteiger partial charge in [0.2, 0.25) is 5.91 Å². The van der Waals surface area contributed by atoms with Crippen molar-refractivity contribution < 1.29 is 9.53 Å². The number of nitrogens with zero attached hydrogens (tertiary/aromatic N) is 1. The van der Waals surface area contributed by atoms with Crippen LogP contribution in [0.4, 0.5) is 0 Å². The largest absolute Gasteiger partial charge is 0.372 e. The molecule has 1 N–H and O–H groups in total. The number of halogens is 1. The summed E-state index contributed by atoms with van der Waals surface area (Å²) in [6.07, 6.45) is 3.40. The second-order valence-corrected chi connectivity index (χ2v) is 3.68. The van der Waals surface area contributed by atoms with Crippen molar-refractivity contribution in [2.75, 3.05) is 40.4 Å². The average molecular weight is 253 g/mol. The highest BCUT2D eigenvalue weighted by Gasteiger charge is 2.07. The zero-order valence-electron chi connectivity index (χ0n) is 10.6. The predicted octanol–water partition coefficient (Wildman–Crippen LogP) is 1.29. The maximum atomic E-state index is 11.5. The van der Waals surface area contributed by atoms with Crippen molar-refractivity contribution in [1.82, 2.24) is 10.2 Å². The molecule has 1 amide bonds. The molecule has 0 saturated carbocycles. The number of carbonyl (C=O) groups excluding carboxylic acids is 1.